The van der Waals surface area contributed by atoms with Crippen molar-refractivity contribution in [2.24, 2.45) is 0 Å². The minimum atomic E-state index is -1.05. The van der Waals surface area contributed by atoms with Crippen molar-refractivity contribution < 1.29 is 13.7 Å². The largest absolute Gasteiger partial charge is 0.490 e. The molecule has 2 atom stereocenters. The summed E-state index contributed by atoms with van der Waals surface area (Å²) in [7, 11) is -1.05. The number of rotatable bonds is 8. The van der Waals surface area contributed by atoms with E-state index in [1.54, 1.807) is 0 Å². The van der Waals surface area contributed by atoms with Crippen LogP contribution in [0.3, 0.4) is 0 Å². The van der Waals surface area contributed by atoms with Gasteiger partial charge in [-0.1, -0.05) is 60.7 Å². The van der Waals surface area contributed by atoms with E-state index in [-0.39, 0.29) is 23.0 Å². The van der Waals surface area contributed by atoms with Gasteiger partial charge in [-0.05, 0) is 93.7 Å². The Labute approximate surface area is 218 Å². The van der Waals surface area contributed by atoms with E-state index in [2.05, 4.69) is 65.4 Å². The molecule has 4 nitrogen and oxygen atoms in total. The van der Waals surface area contributed by atoms with Crippen LogP contribution in [0.4, 0.5) is 0 Å². The summed E-state index contributed by atoms with van der Waals surface area (Å²) in [5, 5.41) is 0.0887. The Morgan fingerprint density at radius 2 is 1.67 bits per heavy atom. The lowest BCUT2D eigenvalue weighted by Gasteiger charge is -2.41. The number of hydrogen-bond acceptors (Lipinski definition) is 3. The highest BCUT2D eigenvalue weighted by molar-refractivity contribution is 7.83. The number of ether oxygens (including phenoxy) is 2. The van der Waals surface area contributed by atoms with Crippen LogP contribution in [0.1, 0.15) is 68.7 Å². The van der Waals surface area contributed by atoms with Crippen molar-refractivity contribution in [3.63, 3.8) is 0 Å². The molecule has 5 rings (SSSR count). The molecule has 1 aliphatic carbocycles. The smallest absolute Gasteiger partial charge is 0.124 e. The van der Waals surface area contributed by atoms with Crippen molar-refractivity contribution in [3.05, 3.63) is 95.6 Å². The molecule has 0 aromatic heterocycles. The molecule has 1 fully saturated rings. The van der Waals surface area contributed by atoms with Crippen molar-refractivity contribution in [3.8, 4) is 11.5 Å². The van der Waals surface area contributed by atoms with Gasteiger partial charge in [0.1, 0.15) is 17.6 Å². The Morgan fingerprint density at radius 3 is 2.36 bits per heavy atom. The van der Waals surface area contributed by atoms with Gasteiger partial charge < -0.3 is 9.47 Å². The highest BCUT2D eigenvalue weighted by Gasteiger charge is 2.38. The third-order valence-electron chi connectivity index (χ3n) is 7.47. The maximum absolute atomic E-state index is 12.8. The molecule has 1 heterocycles. The fourth-order valence-corrected chi connectivity index (χ4v) is 6.37. The summed E-state index contributed by atoms with van der Waals surface area (Å²) in [6.07, 6.45) is 6.91. The second-order valence-corrected chi connectivity index (χ2v) is 12.3. The van der Waals surface area contributed by atoms with Gasteiger partial charge in [0.15, 0.2) is 0 Å². The number of hydrogen-bond donors (Lipinski definition) is 1. The first kappa shape index (κ1) is 25.0. The molecule has 5 heteroatoms. The summed E-state index contributed by atoms with van der Waals surface area (Å²) in [5.41, 5.74) is 3.58. The molecule has 1 aliphatic heterocycles. The fraction of sp³-hybridized carbons (Fsp3) is 0.419. The molecule has 3 aromatic carbocycles. The molecule has 1 saturated carbocycles. The van der Waals surface area contributed by atoms with Crippen LogP contribution < -0.4 is 14.2 Å². The number of aryl methyl sites for hydroxylation is 1. The molecule has 0 saturated heterocycles. The van der Waals surface area contributed by atoms with E-state index >= 15 is 0 Å². The van der Waals surface area contributed by atoms with E-state index in [1.807, 2.05) is 32.0 Å². The van der Waals surface area contributed by atoms with Crippen molar-refractivity contribution in [2.45, 2.75) is 81.8 Å². The van der Waals surface area contributed by atoms with Crippen LogP contribution in [-0.4, -0.2) is 21.1 Å². The lowest BCUT2D eigenvalue weighted by atomic mass is 9.77. The molecule has 3 aromatic rings. The van der Waals surface area contributed by atoms with E-state index < -0.39 is 11.0 Å². The second-order valence-electron chi connectivity index (χ2n) is 10.5. The average molecular weight is 504 g/mol. The number of fused-ring (bicyclic) bond motifs is 1. The van der Waals surface area contributed by atoms with E-state index in [9.17, 15) is 4.21 Å². The highest BCUT2D eigenvalue weighted by Crippen LogP contribution is 2.38. The van der Waals surface area contributed by atoms with Crippen LogP contribution in [-0.2, 0) is 23.8 Å². The average Bonchev–Trinajstić information content (AvgIpc) is 2.91. The zero-order valence-corrected chi connectivity index (χ0v) is 22.1. The Balaban J connectivity index is 1.22. The molecule has 0 bridgehead atoms. The standard InChI is InChI=1S/C31H37NO3S/c1-23(2)36(33)32-31(22-24-9-5-3-6-10-24)19-17-27(18-20-31)34-28-14-16-30-26(21-28)13-15-29(35-30)25-11-7-4-8-12-25/h3-12,14,16,21,23,27,29,32H,13,15,17-20,22H2,1-2H3. The van der Waals surface area contributed by atoms with E-state index in [4.69, 9.17) is 9.47 Å². The van der Waals surface area contributed by atoms with Gasteiger partial charge in [0.05, 0.1) is 17.1 Å². The lowest BCUT2D eigenvalue weighted by Crippen LogP contribution is -2.52. The summed E-state index contributed by atoms with van der Waals surface area (Å²) in [6.45, 7) is 4.02. The first-order valence-corrected chi connectivity index (χ1v) is 14.4. The predicted octanol–water partition coefficient (Wildman–Crippen LogP) is 6.72. The van der Waals surface area contributed by atoms with Gasteiger partial charge in [-0.25, -0.2) is 8.93 Å². The van der Waals surface area contributed by atoms with Crippen LogP contribution in [0, 0.1) is 0 Å². The molecule has 190 valence electrons. The molecule has 1 N–H and O–H groups in total. The van der Waals surface area contributed by atoms with Crippen LogP contribution in [0.2, 0.25) is 0 Å². The molecule has 0 spiro atoms. The monoisotopic (exact) mass is 503 g/mol. The van der Waals surface area contributed by atoms with Crippen molar-refractivity contribution >= 4 is 11.0 Å². The molecule has 36 heavy (non-hydrogen) atoms. The molecule has 2 unspecified atom stereocenters. The Bertz CT molecular complexity index is 1160. The Kier molecular flexibility index (Phi) is 7.78. The zero-order chi connectivity index (χ0) is 25.0. The van der Waals surface area contributed by atoms with Crippen LogP contribution in [0.15, 0.2) is 78.9 Å². The van der Waals surface area contributed by atoms with E-state index in [0.717, 1.165) is 56.4 Å². The maximum atomic E-state index is 12.8. The lowest BCUT2D eigenvalue weighted by molar-refractivity contribution is 0.111. The minimum absolute atomic E-state index is 0.0887. The van der Waals surface area contributed by atoms with Gasteiger partial charge >= 0.3 is 0 Å². The first-order chi connectivity index (χ1) is 17.5. The number of nitrogens with one attached hydrogen (secondary N) is 1. The van der Waals surface area contributed by atoms with Crippen molar-refractivity contribution in [1.82, 2.24) is 4.72 Å². The first-order valence-electron chi connectivity index (χ1n) is 13.2. The van der Waals surface area contributed by atoms with Gasteiger partial charge in [0.2, 0.25) is 0 Å². The minimum Gasteiger partial charge on any atom is -0.490 e. The topological polar surface area (TPSA) is 47.6 Å². The normalized spacial score (nSPS) is 24.5. The summed E-state index contributed by atoms with van der Waals surface area (Å²) < 4.78 is 29.1. The van der Waals surface area contributed by atoms with Crippen molar-refractivity contribution in [2.75, 3.05) is 0 Å². The molecular formula is C31H37NO3S. The molecular weight excluding hydrogens is 466 g/mol. The highest BCUT2D eigenvalue weighted by atomic mass is 32.2. The van der Waals surface area contributed by atoms with E-state index in [0.29, 0.717) is 0 Å². The summed E-state index contributed by atoms with van der Waals surface area (Å²) >= 11 is 0. The summed E-state index contributed by atoms with van der Waals surface area (Å²) in [6, 6.07) is 27.3. The second kappa shape index (κ2) is 11.2. The molecule has 0 amide bonds. The SMILES string of the molecule is CC(C)S(=O)NC1(Cc2ccccc2)CCC(Oc2ccc3c(c2)CCC(c2ccccc2)O3)CC1. The maximum Gasteiger partial charge on any atom is 0.124 e. The quantitative estimate of drug-likeness (QED) is 0.371. The van der Waals surface area contributed by atoms with Gasteiger partial charge in [-0.15, -0.1) is 0 Å². The van der Waals surface area contributed by atoms with Gasteiger partial charge in [-0.3, -0.25) is 0 Å². The van der Waals surface area contributed by atoms with Crippen LogP contribution >= 0.6 is 0 Å². The fourth-order valence-electron chi connectivity index (χ4n) is 5.43. The van der Waals surface area contributed by atoms with E-state index in [1.165, 1.54) is 16.7 Å². The third kappa shape index (κ3) is 6.01. The molecule has 2 aliphatic rings. The van der Waals surface area contributed by atoms with Crippen molar-refractivity contribution in [1.29, 1.82) is 0 Å². The molecule has 0 radical (unpaired) electrons. The van der Waals surface area contributed by atoms with Gasteiger partial charge in [0.25, 0.3) is 0 Å². The van der Waals surface area contributed by atoms with Crippen LogP contribution in [0.25, 0.3) is 0 Å². The van der Waals surface area contributed by atoms with Crippen LogP contribution in [0.5, 0.6) is 11.5 Å². The van der Waals surface area contributed by atoms with Gasteiger partial charge in [-0.2, -0.15) is 0 Å². The van der Waals surface area contributed by atoms with Gasteiger partial charge in [0, 0.05) is 10.8 Å². The number of benzene rings is 3. The Hall–Kier alpha value is -2.63. The summed E-state index contributed by atoms with van der Waals surface area (Å²) in [5.74, 6) is 1.89. The zero-order valence-electron chi connectivity index (χ0n) is 21.3. The summed E-state index contributed by atoms with van der Waals surface area (Å²) in [4.78, 5) is 0. The predicted molar refractivity (Wildman–Crippen MR) is 147 cm³/mol. The third-order valence-corrected chi connectivity index (χ3v) is 8.96. The Morgan fingerprint density at radius 1 is 0.972 bits per heavy atom.